The van der Waals surface area contributed by atoms with Gasteiger partial charge in [-0.05, 0) is 26.2 Å². The first-order chi connectivity index (χ1) is 6.65. The number of hydrogen-bond donors (Lipinski definition) is 1. The minimum atomic E-state index is -0.196. The molecule has 1 unspecified atom stereocenters. The van der Waals surface area contributed by atoms with Crippen molar-refractivity contribution < 1.29 is 9.53 Å². The van der Waals surface area contributed by atoms with Crippen LogP contribution in [0, 0.1) is 0 Å². The molecule has 4 nitrogen and oxygen atoms in total. The summed E-state index contributed by atoms with van der Waals surface area (Å²) in [6.07, 6.45) is 2.22. The van der Waals surface area contributed by atoms with Crippen molar-refractivity contribution in [3.63, 3.8) is 0 Å². The fourth-order valence-electron chi connectivity index (χ4n) is 1.36. The van der Waals surface area contributed by atoms with E-state index in [4.69, 9.17) is 0 Å². The summed E-state index contributed by atoms with van der Waals surface area (Å²) in [4.78, 5) is 16.2. The Balaban J connectivity index is 2.70. The van der Waals surface area contributed by atoms with Gasteiger partial charge in [0, 0.05) is 11.9 Å². The Kier molecular flexibility index (Phi) is 3.71. The second-order valence-electron chi connectivity index (χ2n) is 3.39. The van der Waals surface area contributed by atoms with Crippen molar-refractivity contribution in [1.82, 2.24) is 9.88 Å². The number of carbonyl (C=O) groups is 1. The minimum absolute atomic E-state index is 0.0532. The van der Waals surface area contributed by atoms with Crippen molar-refractivity contribution in [3.8, 4) is 0 Å². The first kappa shape index (κ1) is 10.8. The number of nitrogens with one attached hydrogen (secondary N) is 1. The molecule has 78 valence electrons. The van der Waals surface area contributed by atoms with E-state index in [-0.39, 0.29) is 12.0 Å². The molecule has 0 spiro atoms. The molecular formula is C10H16N2O2. The molecule has 1 N–H and O–H groups in total. The van der Waals surface area contributed by atoms with Crippen LogP contribution in [0.25, 0.3) is 0 Å². The Bertz CT molecular complexity index is 280. The van der Waals surface area contributed by atoms with Crippen LogP contribution in [0.15, 0.2) is 18.3 Å². The average molecular weight is 196 g/mol. The molecule has 1 atom stereocenters. The molecule has 1 heterocycles. The van der Waals surface area contributed by atoms with Crippen molar-refractivity contribution >= 4 is 5.97 Å². The normalized spacial score (nSPS) is 12.9. The first-order valence-corrected chi connectivity index (χ1v) is 4.51. The van der Waals surface area contributed by atoms with E-state index in [1.54, 1.807) is 0 Å². The quantitative estimate of drug-likeness (QED) is 0.735. The van der Waals surface area contributed by atoms with Crippen LogP contribution in [-0.2, 0) is 9.53 Å². The van der Waals surface area contributed by atoms with Crippen molar-refractivity contribution in [3.05, 3.63) is 24.0 Å². The number of methoxy groups -OCH3 is 1. The van der Waals surface area contributed by atoms with E-state index in [9.17, 15) is 4.79 Å². The van der Waals surface area contributed by atoms with Crippen LogP contribution in [0.1, 0.15) is 18.2 Å². The summed E-state index contributed by atoms with van der Waals surface area (Å²) >= 11 is 0. The van der Waals surface area contributed by atoms with Gasteiger partial charge in [0.2, 0.25) is 0 Å². The maximum absolute atomic E-state index is 11.2. The second-order valence-corrected chi connectivity index (χ2v) is 3.39. The van der Waals surface area contributed by atoms with E-state index in [2.05, 4.69) is 9.72 Å². The predicted octanol–water partition coefficient (Wildman–Crippen LogP) is 1.18. The third-order valence-electron chi connectivity index (χ3n) is 2.19. The van der Waals surface area contributed by atoms with Gasteiger partial charge in [-0.2, -0.15) is 0 Å². The van der Waals surface area contributed by atoms with Crippen LogP contribution >= 0.6 is 0 Å². The molecule has 1 aromatic heterocycles. The van der Waals surface area contributed by atoms with Crippen LogP contribution in [0.5, 0.6) is 0 Å². The standard InChI is InChI=1S/C10H16N2O2/c1-12(2)9(7-10(13)14-3)8-5-4-6-11-8/h4-6,9,11H,7H2,1-3H3. The summed E-state index contributed by atoms with van der Waals surface area (Å²) in [7, 11) is 5.28. The molecule has 0 bridgehead atoms. The van der Waals surface area contributed by atoms with E-state index in [1.165, 1.54) is 7.11 Å². The number of hydrogen-bond acceptors (Lipinski definition) is 3. The summed E-state index contributed by atoms with van der Waals surface area (Å²) < 4.78 is 4.65. The average Bonchev–Trinajstić information content (AvgIpc) is 2.65. The number of esters is 1. The fourth-order valence-corrected chi connectivity index (χ4v) is 1.36. The monoisotopic (exact) mass is 196 g/mol. The fraction of sp³-hybridized carbons (Fsp3) is 0.500. The number of nitrogens with zero attached hydrogens (tertiary/aromatic N) is 1. The van der Waals surface area contributed by atoms with E-state index in [0.717, 1.165) is 5.69 Å². The van der Waals surface area contributed by atoms with Gasteiger partial charge in [0.15, 0.2) is 0 Å². The van der Waals surface area contributed by atoms with Gasteiger partial charge in [0.1, 0.15) is 0 Å². The zero-order valence-corrected chi connectivity index (χ0v) is 8.78. The van der Waals surface area contributed by atoms with Crippen LogP contribution in [-0.4, -0.2) is 37.1 Å². The molecule has 0 saturated heterocycles. The molecule has 0 amide bonds. The first-order valence-electron chi connectivity index (χ1n) is 4.51. The van der Waals surface area contributed by atoms with Crippen molar-refractivity contribution in [2.24, 2.45) is 0 Å². The van der Waals surface area contributed by atoms with E-state index in [1.807, 2.05) is 37.3 Å². The van der Waals surface area contributed by atoms with E-state index in [0.29, 0.717) is 6.42 Å². The number of carbonyl (C=O) groups excluding carboxylic acids is 1. The lowest BCUT2D eigenvalue weighted by Crippen LogP contribution is -2.23. The van der Waals surface area contributed by atoms with Gasteiger partial charge in [-0.3, -0.25) is 4.79 Å². The molecule has 4 heteroatoms. The Morgan fingerprint density at radius 3 is 2.79 bits per heavy atom. The Labute approximate surface area is 83.9 Å². The van der Waals surface area contributed by atoms with E-state index >= 15 is 0 Å². The third-order valence-corrected chi connectivity index (χ3v) is 2.19. The topological polar surface area (TPSA) is 45.3 Å². The van der Waals surface area contributed by atoms with Gasteiger partial charge in [-0.1, -0.05) is 0 Å². The lowest BCUT2D eigenvalue weighted by molar-refractivity contribution is -0.142. The molecule has 1 aromatic rings. The van der Waals surface area contributed by atoms with Crippen molar-refractivity contribution in [2.75, 3.05) is 21.2 Å². The Morgan fingerprint density at radius 1 is 1.64 bits per heavy atom. The van der Waals surface area contributed by atoms with Crippen molar-refractivity contribution in [2.45, 2.75) is 12.5 Å². The van der Waals surface area contributed by atoms with Crippen LogP contribution in [0.3, 0.4) is 0 Å². The van der Waals surface area contributed by atoms with Gasteiger partial charge in [0.25, 0.3) is 0 Å². The summed E-state index contributed by atoms with van der Waals surface area (Å²) in [6, 6.07) is 3.94. The summed E-state index contributed by atoms with van der Waals surface area (Å²) in [5.74, 6) is -0.196. The third kappa shape index (κ3) is 2.60. The SMILES string of the molecule is COC(=O)CC(c1ccc[nH]1)N(C)C. The van der Waals surface area contributed by atoms with Gasteiger partial charge in [-0.15, -0.1) is 0 Å². The second kappa shape index (κ2) is 4.81. The summed E-state index contributed by atoms with van der Waals surface area (Å²) in [6.45, 7) is 0. The van der Waals surface area contributed by atoms with Gasteiger partial charge in [-0.25, -0.2) is 0 Å². The maximum atomic E-state index is 11.2. The highest BCUT2D eigenvalue weighted by atomic mass is 16.5. The Morgan fingerprint density at radius 2 is 2.36 bits per heavy atom. The van der Waals surface area contributed by atoms with Crippen LogP contribution in [0.2, 0.25) is 0 Å². The lowest BCUT2D eigenvalue weighted by Gasteiger charge is -2.22. The lowest BCUT2D eigenvalue weighted by atomic mass is 10.1. The van der Waals surface area contributed by atoms with Crippen LogP contribution in [0.4, 0.5) is 0 Å². The predicted molar refractivity (Wildman–Crippen MR) is 53.9 cm³/mol. The van der Waals surface area contributed by atoms with Gasteiger partial charge in [0.05, 0.1) is 19.6 Å². The molecule has 0 aliphatic rings. The zero-order valence-electron chi connectivity index (χ0n) is 8.78. The largest absolute Gasteiger partial charge is 0.469 e. The minimum Gasteiger partial charge on any atom is -0.469 e. The van der Waals surface area contributed by atoms with Gasteiger partial charge >= 0.3 is 5.97 Å². The molecular weight excluding hydrogens is 180 g/mol. The maximum Gasteiger partial charge on any atom is 0.307 e. The molecule has 0 aromatic carbocycles. The molecule has 0 aliphatic heterocycles. The number of rotatable bonds is 4. The molecule has 0 fully saturated rings. The molecule has 0 aliphatic carbocycles. The summed E-state index contributed by atoms with van der Waals surface area (Å²) in [5, 5.41) is 0. The number of aromatic nitrogens is 1. The van der Waals surface area contributed by atoms with Crippen molar-refractivity contribution in [1.29, 1.82) is 0 Å². The Hall–Kier alpha value is -1.29. The highest BCUT2D eigenvalue weighted by Crippen LogP contribution is 2.20. The summed E-state index contributed by atoms with van der Waals surface area (Å²) in [5.41, 5.74) is 1.03. The highest BCUT2D eigenvalue weighted by molar-refractivity contribution is 5.70. The molecule has 0 saturated carbocycles. The smallest absolute Gasteiger partial charge is 0.307 e. The van der Waals surface area contributed by atoms with Crippen LogP contribution < -0.4 is 0 Å². The number of ether oxygens (including phenoxy) is 1. The van der Waals surface area contributed by atoms with Gasteiger partial charge < -0.3 is 14.6 Å². The number of aromatic amines is 1. The van der Waals surface area contributed by atoms with E-state index < -0.39 is 0 Å². The number of H-pyrrole nitrogens is 1. The molecule has 14 heavy (non-hydrogen) atoms. The zero-order chi connectivity index (χ0) is 10.6. The molecule has 1 rings (SSSR count). The highest BCUT2D eigenvalue weighted by Gasteiger charge is 2.18. The molecule has 0 radical (unpaired) electrons.